The van der Waals surface area contributed by atoms with E-state index < -0.39 is 0 Å². The number of carbonyl (C=O) groups excluding carboxylic acids is 1. The Kier molecular flexibility index (Phi) is 7.77. The van der Waals surface area contributed by atoms with Gasteiger partial charge in [-0.05, 0) is 55.0 Å². The highest BCUT2D eigenvalue weighted by Gasteiger charge is 2.16. The molecule has 0 aliphatic rings. The van der Waals surface area contributed by atoms with Crippen LogP contribution in [0, 0.1) is 11.6 Å². The molecule has 3 rings (SSSR count). The van der Waals surface area contributed by atoms with Crippen molar-refractivity contribution < 1.29 is 18.3 Å². The van der Waals surface area contributed by atoms with Gasteiger partial charge in [0.25, 0.3) is 0 Å². The van der Waals surface area contributed by atoms with Gasteiger partial charge in [0.1, 0.15) is 17.4 Å². The zero-order chi connectivity index (χ0) is 22.2. The van der Waals surface area contributed by atoms with Crippen LogP contribution in [-0.2, 0) is 11.8 Å². The summed E-state index contributed by atoms with van der Waals surface area (Å²) in [5.74, 6) is 0.849. The van der Waals surface area contributed by atoms with Gasteiger partial charge in [-0.15, -0.1) is 10.2 Å². The van der Waals surface area contributed by atoms with E-state index in [-0.39, 0.29) is 23.6 Å². The molecule has 6 nitrogen and oxygen atoms in total. The van der Waals surface area contributed by atoms with E-state index in [1.54, 1.807) is 30.3 Å². The van der Waals surface area contributed by atoms with E-state index in [4.69, 9.17) is 4.74 Å². The van der Waals surface area contributed by atoms with Gasteiger partial charge in [0.15, 0.2) is 11.0 Å². The smallest absolute Gasteiger partial charge is 0.244 e. The van der Waals surface area contributed by atoms with Crippen molar-refractivity contribution in [2.24, 2.45) is 7.05 Å². The van der Waals surface area contributed by atoms with Gasteiger partial charge in [0, 0.05) is 18.9 Å². The second kappa shape index (κ2) is 10.7. The molecular formula is C22H22F2N4O2S. The zero-order valence-electron chi connectivity index (χ0n) is 17.1. The molecule has 0 saturated heterocycles. The maximum atomic E-state index is 13.2. The fourth-order valence-electron chi connectivity index (χ4n) is 2.76. The summed E-state index contributed by atoms with van der Waals surface area (Å²) in [5, 5.41) is 11.8. The van der Waals surface area contributed by atoms with Crippen LogP contribution in [0.5, 0.6) is 5.75 Å². The molecular weight excluding hydrogens is 422 g/mol. The average Bonchev–Trinajstić information content (AvgIpc) is 3.11. The van der Waals surface area contributed by atoms with E-state index in [0.717, 1.165) is 0 Å². The van der Waals surface area contributed by atoms with Crippen LogP contribution in [-0.4, -0.2) is 33.0 Å². The minimum atomic E-state index is -0.369. The number of hydrogen-bond acceptors (Lipinski definition) is 5. The zero-order valence-corrected chi connectivity index (χ0v) is 17.9. The van der Waals surface area contributed by atoms with Gasteiger partial charge in [-0.25, -0.2) is 8.78 Å². The number of halogens is 2. The second-order valence-electron chi connectivity index (χ2n) is 6.67. The molecule has 0 radical (unpaired) electrons. The quantitative estimate of drug-likeness (QED) is 0.305. The van der Waals surface area contributed by atoms with Crippen molar-refractivity contribution in [3.63, 3.8) is 0 Å². The monoisotopic (exact) mass is 444 g/mol. The van der Waals surface area contributed by atoms with Crippen LogP contribution < -0.4 is 10.1 Å². The van der Waals surface area contributed by atoms with Crippen LogP contribution in [0.25, 0.3) is 6.08 Å². The molecule has 0 spiro atoms. The lowest BCUT2D eigenvalue weighted by molar-refractivity contribution is -0.117. The molecule has 1 aromatic heterocycles. The molecule has 0 unspecified atom stereocenters. The maximum absolute atomic E-state index is 13.2. The van der Waals surface area contributed by atoms with E-state index in [2.05, 4.69) is 15.5 Å². The van der Waals surface area contributed by atoms with Gasteiger partial charge in [-0.2, -0.15) is 0 Å². The number of benzene rings is 2. The van der Waals surface area contributed by atoms with Crippen molar-refractivity contribution >= 4 is 23.7 Å². The first-order valence-electron chi connectivity index (χ1n) is 9.57. The van der Waals surface area contributed by atoms with Gasteiger partial charge in [0.2, 0.25) is 5.91 Å². The first-order chi connectivity index (χ1) is 14.9. The standard InChI is InChI=1S/C22H22F2N4O2S/c1-15(25-20(29)11-6-16-4-3-5-18(24)14-16)21-26-27-22(28(21)2)31-13-12-30-19-9-7-17(23)8-10-19/h3-11,14-15H,12-13H2,1-2H3,(H,25,29)/b11-6+/t15-/m1/s1. The number of rotatable bonds is 9. The molecule has 1 amide bonds. The molecule has 1 heterocycles. The van der Waals surface area contributed by atoms with Crippen LogP contribution in [0.1, 0.15) is 24.4 Å². The number of amides is 1. The summed E-state index contributed by atoms with van der Waals surface area (Å²) in [6.07, 6.45) is 2.90. The number of aromatic nitrogens is 3. The fraction of sp³-hybridized carbons (Fsp3) is 0.227. The van der Waals surface area contributed by atoms with Crippen molar-refractivity contribution in [2.45, 2.75) is 18.1 Å². The van der Waals surface area contributed by atoms with Crippen LogP contribution in [0.15, 0.2) is 59.8 Å². The molecule has 31 heavy (non-hydrogen) atoms. The van der Waals surface area contributed by atoms with Crippen molar-refractivity contribution in [2.75, 3.05) is 12.4 Å². The van der Waals surface area contributed by atoms with Crippen molar-refractivity contribution in [1.82, 2.24) is 20.1 Å². The molecule has 2 aromatic carbocycles. The SMILES string of the molecule is C[C@@H](NC(=O)/C=C/c1cccc(F)c1)c1nnc(SCCOc2ccc(F)cc2)n1C. The number of nitrogens with one attached hydrogen (secondary N) is 1. The minimum absolute atomic E-state index is 0.306. The summed E-state index contributed by atoms with van der Waals surface area (Å²) in [6.45, 7) is 2.24. The third kappa shape index (κ3) is 6.65. The summed E-state index contributed by atoms with van der Waals surface area (Å²) in [7, 11) is 1.82. The Bertz CT molecular complexity index is 1050. The Morgan fingerprint density at radius 3 is 2.71 bits per heavy atom. The third-order valence-electron chi connectivity index (χ3n) is 4.29. The lowest BCUT2D eigenvalue weighted by Crippen LogP contribution is -2.26. The van der Waals surface area contributed by atoms with Gasteiger partial charge in [-0.1, -0.05) is 23.9 Å². The molecule has 0 aliphatic heterocycles. The summed E-state index contributed by atoms with van der Waals surface area (Å²) in [6, 6.07) is 11.5. The topological polar surface area (TPSA) is 69.0 Å². The molecule has 1 atom stereocenters. The molecule has 162 valence electrons. The predicted molar refractivity (Wildman–Crippen MR) is 116 cm³/mol. The molecule has 0 aliphatic carbocycles. The lowest BCUT2D eigenvalue weighted by Gasteiger charge is -2.12. The Hall–Kier alpha value is -3.20. The van der Waals surface area contributed by atoms with Gasteiger partial charge < -0.3 is 14.6 Å². The van der Waals surface area contributed by atoms with Crippen molar-refractivity contribution in [1.29, 1.82) is 0 Å². The Morgan fingerprint density at radius 1 is 1.19 bits per heavy atom. The van der Waals surface area contributed by atoms with E-state index in [1.165, 1.54) is 42.1 Å². The highest BCUT2D eigenvalue weighted by atomic mass is 32.2. The highest BCUT2D eigenvalue weighted by molar-refractivity contribution is 7.99. The first-order valence-corrected chi connectivity index (χ1v) is 10.6. The average molecular weight is 445 g/mol. The lowest BCUT2D eigenvalue weighted by atomic mass is 10.2. The predicted octanol–water partition coefficient (Wildman–Crippen LogP) is 4.16. The Labute approximate surface area is 183 Å². The van der Waals surface area contributed by atoms with Crippen LogP contribution in [0.2, 0.25) is 0 Å². The van der Waals surface area contributed by atoms with E-state index in [0.29, 0.717) is 34.7 Å². The number of thioether (sulfide) groups is 1. The van der Waals surface area contributed by atoms with Crippen LogP contribution in [0.3, 0.4) is 0 Å². The molecule has 1 N–H and O–H groups in total. The Balaban J connectivity index is 1.48. The summed E-state index contributed by atoms with van der Waals surface area (Å²) in [5.41, 5.74) is 0.600. The van der Waals surface area contributed by atoms with Crippen LogP contribution >= 0.6 is 11.8 Å². The van der Waals surface area contributed by atoms with E-state index in [9.17, 15) is 13.6 Å². The molecule has 0 saturated carbocycles. The number of nitrogens with zero attached hydrogens (tertiary/aromatic N) is 3. The third-order valence-corrected chi connectivity index (χ3v) is 5.27. The largest absolute Gasteiger partial charge is 0.493 e. The summed E-state index contributed by atoms with van der Waals surface area (Å²) in [4.78, 5) is 12.2. The molecule has 3 aromatic rings. The van der Waals surface area contributed by atoms with Crippen LogP contribution in [0.4, 0.5) is 8.78 Å². The summed E-state index contributed by atoms with van der Waals surface area (Å²) < 4.78 is 33.5. The first kappa shape index (κ1) is 22.5. The highest BCUT2D eigenvalue weighted by Crippen LogP contribution is 2.19. The number of carbonyl (C=O) groups is 1. The maximum Gasteiger partial charge on any atom is 0.244 e. The number of ether oxygens (including phenoxy) is 1. The minimum Gasteiger partial charge on any atom is -0.493 e. The van der Waals surface area contributed by atoms with Crippen molar-refractivity contribution in [3.8, 4) is 5.75 Å². The molecule has 0 bridgehead atoms. The van der Waals surface area contributed by atoms with E-state index in [1.807, 2.05) is 18.5 Å². The van der Waals surface area contributed by atoms with Crippen molar-refractivity contribution in [3.05, 3.63) is 77.6 Å². The Morgan fingerprint density at radius 2 is 1.97 bits per heavy atom. The second-order valence-corrected chi connectivity index (χ2v) is 7.73. The number of hydrogen-bond donors (Lipinski definition) is 1. The normalized spacial score (nSPS) is 12.1. The van der Waals surface area contributed by atoms with Gasteiger partial charge in [0.05, 0.1) is 12.6 Å². The van der Waals surface area contributed by atoms with E-state index >= 15 is 0 Å². The molecule has 9 heteroatoms. The van der Waals surface area contributed by atoms with Gasteiger partial charge >= 0.3 is 0 Å². The molecule has 0 fully saturated rings. The summed E-state index contributed by atoms with van der Waals surface area (Å²) >= 11 is 1.46. The fourth-order valence-corrected chi connectivity index (χ4v) is 3.50. The van der Waals surface area contributed by atoms with Gasteiger partial charge in [-0.3, -0.25) is 4.79 Å².